The normalized spacial score (nSPS) is 11.2. The van der Waals surface area contributed by atoms with E-state index in [2.05, 4.69) is 26.0 Å². The van der Waals surface area contributed by atoms with Crippen molar-refractivity contribution in [3.8, 4) is 0 Å². The molecule has 0 aliphatic rings. The summed E-state index contributed by atoms with van der Waals surface area (Å²) < 4.78 is 27.3. The lowest BCUT2D eigenvalue weighted by molar-refractivity contribution is -0.120. The van der Waals surface area contributed by atoms with Gasteiger partial charge in [0.15, 0.2) is 0 Å². The highest BCUT2D eigenvalue weighted by atomic mass is 79.9. The summed E-state index contributed by atoms with van der Waals surface area (Å²) in [4.78, 5) is 13.1. The Morgan fingerprint density at radius 1 is 1.00 bits per heavy atom. The maximum absolute atomic E-state index is 12.2. The molecule has 2 aromatic rings. The van der Waals surface area contributed by atoms with Crippen molar-refractivity contribution in [3.05, 3.63) is 59.1 Å². The maximum atomic E-state index is 12.2. The first-order valence-electron chi connectivity index (χ1n) is 7.68. The third-order valence-corrected chi connectivity index (χ3v) is 6.69. The molecule has 25 heavy (non-hydrogen) atoms. The van der Waals surface area contributed by atoms with Gasteiger partial charge >= 0.3 is 0 Å². The minimum absolute atomic E-state index is 0.0569. The first kappa shape index (κ1) is 20.0. The second-order valence-electron chi connectivity index (χ2n) is 5.09. The van der Waals surface area contributed by atoms with Gasteiger partial charge in [-0.1, -0.05) is 30.3 Å². The first-order chi connectivity index (χ1) is 12.0. The lowest BCUT2D eigenvalue weighted by atomic mass is 10.4. The number of thioether (sulfide) groups is 1. The second-order valence-corrected chi connectivity index (χ2v) is 8.85. The van der Waals surface area contributed by atoms with Crippen LogP contribution in [0.4, 0.5) is 0 Å². The third-order valence-electron chi connectivity index (χ3n) is 3.21. The van der Waals surface area contributed by atoms with Crippen LogP contribution in [0.3, 0.4) is 0 Å². The molecule has 0 aliphatic carbocycles. The van der Waals surface area contributed by atoms with Crippen molar-refractivity contribution in [1.82, 2.24) is 10.0 Å². The second kappa shape index (κ2) is 9.96. The van der Waals surface area contributed by atoms with Crippen molar-refractivity contribution < 1.29 is 13.2 Å². The lowest BCUT2D eigenvalue weighted by Gasteiger charge is -2.09. The van der Waals surface area contributed by atoms with Crippen LogP contribution in [-0.4, -0.2) is 33.2 Å². The SMILES string of the molecule is O=C(CCNS(=O)(=O)c1ccccc1Br)NCCSc1ccccc1. The summed E-state index contributed by atoms with van der Waals surface area (Å²) in [6, 6.07) is 16.5. The molecule has 0 unspecified atom stereocenters. The summed E-state index contributed by atoms with van der Waals surface area (Å²) >= 11 is 4.87. The predicted molar refractivity (Wildman–Crippen MR) is 104 cm³/mol. The van der Waals surface area contributed by atoms with Gasteiger partial charge in [0.25, 0.3) is 0 Å². The average Bonchev–Trinajstić information content (AvgIpc) is 2.60. The molecule has 2 N–H and O–H groups in total. The van der Waals surface area contributed by atoms with Crippen molar-refractivity contribution in [1.29, 1.82) is 0 Å². The highest BCUT2D eigenvalue weighted by molar-refractivity contribution is 9.10. The fourth-order valence-electron chi connectivity index (χ4n) is 2.00. The molecule has 8 heteroatoms. The Kier molecular flexibility index (Phi) is 7.95. The number of hydrogen-bond acceptors (Lipinski definition) is 4. The summed E-state index contributed by atoms with van der Waals surface area (Å²) in [6.07, 6.45) is 0.0969. The van der Waals surface area contributed by atoms with Gasteiger partial charge in [0, 0.05) is 34.6 Å². The molecular weight excluding hydrogens is 424 g/mol. The minimum Gasteiger partial charge on any atom is -0.355 e. The molecule has 0 saturated carbocycles. The van der Waals surface area contributed by atoms with Gasteiger partial charge in [0.05, 0.1) is 4.90 Å². The zero-order chi connectivity index (χ0) is 18.1. The molecule has 0 saturated heterocycles. The fraction of sp³-hybridized carbons (Fsp3) is 0.235. The van der Waals surface area contributed by atoms with Crippen molar-refractivity contribution >= 4 is 43.6 Å². The molecule has 5 nitrogen and oxygen atoms in total. The van der Waals surface area contributed by atoms with E-state index in [1.54, 1.807) is 30.0 Å². The van der Waals surface area contributed by atoms with Gasteiger partial charge in [0.2, 0.25) is 15.9 Å². The van der Waals surface area contributed by atoms with E-state index in [4.69, 9.17) is 0 Å². The van der Waals surface area contributed by atoms with Gasteiger partial charge in [-0.2, -0.15) is 0 Å². The van der Waals surface area contributed by atoms with Crippen LogP contribution in [0, 0.1) is 0 Å². The topological polar surface area (TPSA) is 75.3 Å². The molecule has 0 aliphatic heterocycles. The predicted octanol–water partition coefficient (Wildman–Crippen LogP) is 3.03. The van der Waals surface area contributed by atoms with E-state index in [0.29, 0.717) is 11.0 Å². The first-order valence-corrected chi connectivity index (χ1v) is 10.9. The van der Waals surface area contributed by atoms with Gasteiger partial charge in [0.1, 0.15) is 0 Å². The number of halogens is 1. The smallest absolute Gasteiger partial charge is 0.241 e. The highest BCUT2D eigenvalue weighted by Gasteiger charge is 2.16. The number of nitrogens with one attached hydrogen (secondary N) is 2. The van der Waals surface area contributed by atoms with Crippen LogP contribution in [0.5, 0.6) is 0 Å². The molecule has 0 atom stereocenters. The number of carbonyl (C=O) groups excluding carboxylic acids is 1. The molecule has 2 aromatic carbocycles. The molecule has 0 heterocycles. The van der Waals surface area contributed by atoms with E-state index in [1.165, 1.54) is 6.07 Å². The van der Waals surface area contributed by atoms with Crippen LogP contribution in [-0.2, 0) is 14.8 Å². The number of sulfonamides is 1. The van der Waals surface area contributed by atoms with Gasteiger partial charge in [-0.3, -0.25) is 4.79 Å². The molecule has 0 bridgehead atoms. The molecular formula is C17H19BrN2O3S2. The Morgan fingerprint density at radius 3 is 2.40 bits per heavy atom. The Hall–Kier alpha value is -1.35. The Balaban J connectivity index is 1.67. The van der Waals surface area contributed by atoms with Crippen LogP contribution in [0.2, 0.25) is 0 Å². The van der Waals surface area contributed by atoms with E-state index in [-0.39, 0.29) is 23.8 Å². The van der Waals surface area contributed by atoms with E-state index in [1.807, 2.05) is 30.3 Å². The van der Waals surface area contributed by atoms with Gasteiger partial charge in [-0.15, -0.1) is 11.8 Å². The summed E-state index contributed by atoms with van der Waals surface area (Å²) in [6.45, 7) is 0.594. The minimum atomic E-state index is -3.63. The van der Waals surface area contributed by atoms with E-state index < -0.39 is 10.0 Å². The fourth-order valence-corrected chi connectivity index (χ4v) is 4.83. The maximum Gasteiger partial charge on any atom is 0.241 e. The lowest BCUT2D eigenvalue weighted by Crippen LogP contribution is -2.31. The zero-order valence-corrected chi connectivity index (χ0v) is 16.7. The number of carbonyl (C=O) groups is 1. The summed E-state index contributed by atoms with van der Waals surface area (Å²) in [5.74, 6) is 0.585. The molecule has 0 fully saturated rings. The summed E-state index contributed by atoms with van der Waals surface area (Å²) in [5, 5.41) is 2.79. The van der Waals surface area contributed by atoms with Gasteiger partial charge in [-0.25, -0.2) is 13.1 Å². The van der Waals surface area contributed by atoms with E-state index in [9.17, 15) is 13.2 Å². The molecule has 1 amide bonds. The summed E-state index contributed by atoms with van der Waals surface area (Å²) in [5.41, 5.74) is 0. The standard InChI is InChI=1S/C17H19BrN2O3S2/c18-15-8-4-5-9-16(15)25(22,23)20-11-10-17(21)19-12-13-24-14-6-2-1-3-7-14/h1-9,20H,10-13H2,(H,19,21). The van der Waals surface area contributed by atoms with Crippen molar-refractivity contribution in [2.75, 3.05) is 18.8 Å². The Labute approximate surface area is 160 Å². The van der Waals surface area contributed by atoms with Gasteiger partial charge < -0.3 is 5.32 Å². The monoisotopic (exact) mass is 442 g/mol. The van der Waals surface area contributed by atoms with Crippen LogP contribution >= 0.6 is 27.7 Å². The third kappa shape index (κ3) is 6.81. The molecule has 0 aromatic heterocycles. The quantitative estimate of drug-likeness (QED) is 0.462. The van der Waals surface area contributed by atoms with Crippen LogP contribution in [0.1, 0.15) is 6.42 Å². The van der Waals surface area contributed by atoms with Crippen LogP contribution in [0.25, 0.3) is 0 Å². The number of hydrogen-bond donors (Lipinski definition) is 2. The van der Waals surface area contributed by atoms with Crippen LogP contribution < -0.4 is 10.0 Å². The Morgan fingerprint density at radius 2 is 1.68 bits per heavy atom. The molecule has 134 valence electrons. The number of rotatable bonds is 9. The summed E-state index contributed by atoms with van der Waals surface area (Å²) in [7, 11) is -3.63. The van der Waals surface area contributed by atoms with E-state index in [0.717, 1.165) is 10.6 Å². The van der Waals surface area contributed by atoms with Crippen molar-refractivity contribution in [3.63, 3.8) is 0 Å². The molecule has 2 rings (SSSR count). The molecule has 0 spiro atoms. The van der Waals surface area contributed by atoms with Crippen molar-refractivity contribution in [2.45, 2.75) is 16.2 Å². The van der Waals surface area contributed by atoms with E-state index >= 15 is 0 Å². The largest absolute Gasteiger partial charge is 0.355 e. The highest BCUT2D eigenvalue weighted by Crippen LogP contribution is 2.20. The molecule has 0 radical (unpaired) electrons. The zero-order valence-electron chi connectivity index (χ0n) is 13.4. The van der Waals surface area contributed by atoms with Gasteiger partial charge in [-0.05, 0) is 40.2 Å². The van der Waals surface area contributed by atoms with Crippen molar-refractivity contribution in [2.24, 2.45) is 0 Å². The van der Waals surface area contributed by atoms with Crippen LogP contribution in [0.15, 0.2) is 68.9 Å². The number of benzene rings is 2. The Bertz CT molecular complexity index is 799. The average molecular weight is 443 g/mol. The number of amides is 1.